The lowest BCUT2D eigenvalue weighted by Gasteiger charge is -2.08. The summed E-state index contributed by atoms with van der Waals surface area (Å²) in [6, 6.07) is 53.9. The van der Waals surface area contributed by atoms with Crippen LogP contribution in [0.5, 0.6) is 0 Å². The van der Waals surface area contributed by atoms with Crippen LogP contribution in [-0.4, -0.2) is 14.1 Å². The van der Waals surface area contributed by atoms with Crippen LogP contribution in [0.4, 0.5) is 0 Å². The van der Waals surface area contributed by atoms with Gasteiger partial charge in [-0.15, -0.1) is 0 Å². The first-order valence-corrected chi connectivity index (χ1v) is 15.3. The third-order valence-corrected chi connectivity index (χ3v) is 9.46. The van der Waals surface area contributed by atoms with Gasteiger partial charge < -0.3 is 4.57 Å². The number of fused-ring (bicyclic) bond motifs is 7. The molecule has 3 nitrogen and oxygen atoms in total. The highest BCUT2D eigenvalue weighted by molar-refractivity contribution is 7.18. The molecule has 0 unspecified atom stereocenters. The third kappa shape index (κ3) is 3.64. The fourth-order valence-corrected chi connectivity index (χ4v) is 7.66. The summed E-state index contributed by atoms with van der Waals surface area (Å²) in [5.74, 6) is 0. The third-order valence-electron chi connectivity index (χ3n) is 8.37. The Hall–Kier alpha value is -5.45. The van der Waals surface area contributed by atoms with E-state index >= 15 is 0 Å². The minimum Gasteiger partial charge on any atom is -0.309 e. The van der Waals surface area contributed by atoms with Gasteiger partial charge in [-0.2, -0.15) is 0 Å². The van der Waals surface area contributed by atoms with Crippen LogP contribution in [0.1, 0.15) is 0 Å². The maximum atomic E-state index is 5.43. The highest BCUT2D eigenvalue weighted by atomic mass is 32.1. The zero-order valence-corrected chi connectivity index (χ0v) is 24.0. The molecule has 0 aliphatic rings. The molecule has 0 spiro atoms. The summed E-state index contributed by atoms with van der Waals surface area (Å²) < 4.78 is 4.79. The molecule has 0 atom stereocenters. The van der Waals surface area contributed by atoms with Gasteiger partial charge in [0.1, 0.15) is 0 Å². The van der Waals surface area contributed by atoms with Crippen LogP contribution in [0, 0.1) is 0 Å². The zero-order valence-electron chi connectivity index (χ0n) is 23.2. The van der Waals surface area contributed by atoms with Gasteiger partial charge >= 0.3 is 0 Å². The molecular weight excluding hydrogens is 543 g/mol. The Balaban J connectivity index is 1.45. The van der Waals surface area contributed by atoms with E-state index in [0.29, 0.717) is 0 Å². The Labute approximate surface area is 252 Å². The van der Waals surface area contributed by atoms with Crippen LogP contribution in [0.2, 0.25) is 0 Å². The van der Waals surface area contributed by atoms with E-state index in [2.05, 4.69) is 161 Å². The average Bonchev–Trinajstić information content (AvgIpc) is 3.76. The highest BCUT2D eigenvalue weighted by Crippen LogP contribution is 2.45. The van der Waals surface area contributed by atoms with Crippen LogP contribution < -0.4 is 0 Å². The van der Waals surface area contributed by atoms with E-state index in [1.165, 1.54) is 48.5 Å². The molecule has 3 aromatic heterocycles. The number of aromatic nitrogens is 3. The standard InChI is InChI=1S/C39H25N3S/c1-4-14-26(15-5-1)36-38(27-16-6-2-7-17-27)43-39(40-36)42-32-22-12-10-20-29(32)30-24-25-34-35(37(30)42)31-21-11-13-23-33(31)41(34)28-18-8-3-9-19-28/h1-25H. The van der Waals surface area contributed by atoms with Crippen molar-refractivity contribution >= 4 is 54.9 Å². The molecule has 43 heavy (non-hydrogen) atoms. The monoisotopic (exact) mass is 567 g/mol. The maximum Gasteiger partial charge on any atom is 0.195 e. The van der Waals surface area contributed by atoms with Crippen LogP contribution in [0.25, 0.3) is 76.1 Å². The van der Waals surface area contributed by atoms with E-state index in [0.717, 1.165) is 27.6 Å². The lowest BCUT2D eigenvalue weighted by molar-refractivity contribution is 1.14. The Morgan fingerprint density at radius 3 is 1.74 bits per heavy atom. The molecule has 0 aliphatic heterocycles. The summed E-state index contributed by atoms with van der Waals surface area (Å²) in [6.07, 6.45) is 0. The number of thiazole rings is 1. The van der Waals surface area contributed by atoms with Crippen molar-refractivity contribution in [3.05, 3.63) is 152 Å². The smallest absolute Gasteiger partial charge is 0.195 e. The predicted octanol–water partition coefficient (Wildman–Crippen LogP) is 10.7. The number of nitrogens with zero attached hydrogens (tertiary/aromatic N) is 3. The second kappa shape index (κ2) is 9.55. The molecule has 0 radical (unpaired) electrons. The molecule has 0 aliphatic carbocycles. The fourth-order valence-electron chi connectivity index (χ4n) is 6.54. The summed E-state index contributed by atoms with van der Waals surface area (Å²) >= 11 is 1.76. The number of para-hydroxylation sites is 3. The first kappa shape index (κ1) is 24.2. The van der Waals surface area contributed by atoms with Crippen LogP contribution in [0.3, 0.4) is 0 Å². The van der Waals surface area contributed by atoms with Crippen molar-refractivity contribution < 1.29 is 0 Å². The van der Waals surface area contributed by atoms with Gasteiger partial charge in [0.2, 0.25) is 0 Å². The van der Waals surface area contributed by atoms with Gasteiger partial charge in [0.25, 0.3) is 0 Å². The molecule has 0 saturated heterocycles. The van der Waals surface area contributed by atoms with Gasteiger partial charge in [-0.05, 0) is 35.9 Å². The SMILES string of the molecule is c1ccc(-c2nc(-n3c4ccccc4c4ccc5c(c6ccccc6n5-c5ccccc5)c43)sc2-c2ccccc2)cc1. The second-order valence-electron chi connectivity index (χ2n) is 10.8. The van der Waals surface area contributed by atoms with E-state index < -0.39 is 0 Å². The van der Waals surface area contributed by atoms with Gasteiger partial charge in [0.05, 0.1) is 32.6 Å². The number of hydrogen-bond acceptors (Lipinski definition) is 2. The fraction of sp³-hybridized carbons (Fsp3) is 0. The maximum absolute atomic E-state index is 5.43. The second-order valence-corrected chi connectivity index (χ2v) is 11.8. The summed E-state index contributed by atoms with van der Waals surface area (Å²) in [6.45, 7) is 0. The molecule has 9 rings (SSSR count). The first-order chi connectivity index (χ1) is 21.4. The van der Waals surface area contributed by atoms with E-state index in [1.54, 1.807) is 11.3 Å². The molecule has 4 heteroatoms. The van der Waals surface area contributed by atoms with Crippen molar-refractivity contribution in [2.75, 3.05) is 0 Å². The molecule has 0 bridgehead atoms. The molecule has 3 heterocycles. The number of rotatable bonds is 4. The molecular formula is C39H25N3S. The Morgan fingerprint density at radius 1 is 0.442 bits per heavy atom. The molecule has 0 amide bonds. The minimum atomic E-state index is 0.966. The number of benzene rings is 6. The van der Waals surface area contributed by atoms with E-state index in [-0.39, 0.29) is 0 Å². The minimum absolute atomic E-state index is 0.966. The van der Waals surface area contributed by atoms with Crippen molar-refractivity contribution in [1.29, 1.82) is 0 Å². The molecule has 0 fully saturated rings. The van der Waals surface area contributed by atoms with Crippen molar-refractivity contribution in [2.24, 2.45) is 0 Å². The number of hydrogen-bond donors (Lipinski definition) is 0. The van der Waals surface area contributed by atoms with Crippen LogP contribution >= 0.6 is 11.3 Å². The summed E-state index contributed by atoms with van der Waals surface area (Å²) in [5, 5.41) is 5.91. The van der Waals surface area contributed by atoms with Crippen molar-refractivity contribution in [3.63, 3.8) is 0 Å². The van der Waals surface area contributed by atoms with Crippen LogP contribution in [0.15, 0.2) is 152 Å². The van der Waals surface area contributed by atoms with E-state index in [9.17, 15) is 0 Å². The van der Waals surface area contributed by atoms with E-state index in [1.807, 2.05) is 0 Å². The first-order valence-electron chi connectivity index (χ1n) is 14.5. The van der Waals surface area contributed by atoms with Crippen molar-refractivity contribution in [3.8, 4) is 32.5 Å². The Bertz CT molecular complexity index is 2380. The highest BCUT2D eigenvalue weighted by Gasteiger charge is 2.23. The Morgan fingerprint density at radius 2 is 1.02 bits per heavy atom. The molecule has 6 aromatic carbocycles. The van der Waals surface area contributed by atoms with Gasteiger partial charge in [-0.25, -0.2) is 4.98 Å². The van der Waals surface area contributed by atoms with Gasteiger partial charge in [0.15, 0.2) is 5.13 Å². The summed E-state index contributed by atoms with van der Waals surface area (Å²) in [4.78, 5) is 6.60. The average molecular weight is 568 g/mol. The normalized spacial score (nSPS) is 11.7. The quantitative estimate of drug-likeness (QED) is 0.207. The lowest BCUT2D eigenvalue weighted by Crippen LogP contribution is -1.95. The van der Waals surface area contributed by atoms with Crippen LogP contribution in [-0.2, 0) is 0 Å². The largest absolute Gasteiger partial charge is 0.309 e. The Kier molecular flexibility index (Phi) is 5.37. The summed E-state index contributed by atoms with van der Waals surface area (Å²) in [5.41, 5.74) is 9.20. The van der Waals surface area contributed by atoms with Gasteiger partial charge in [-0.3, -0.25) is 4.57 Å². The topological polar surface area (TPSA) is 22.8 Å². The zero-order chi connectivity index (χ0) is 28.3. The molecule has 202 valence electrons. The molecule has 0 saturated carbocycles. The van der Waals surface area contributed by atoms with Crippen molar-refractivity contribution in [2.45, 2.75) is 0 Å². The summed E-state index contributed by atoms with van der Waals surface area (Å²) in [7, 11) is 0. The molecule has 9 aromatic rings. The van der Waals surface area contributed by atoms with E-state index in [4.69, 9.17) is 4.98 Å². The van der Waals surface area contributed by atoms with Gasteiger partial charge in [0, 0.05) is 32.8 Å². The lowest BCUT2D eigenvalue weighted by atomic mass is 10.1. The van der Waals surface area contributed by atoms with Crippen molar-refractivity contribution in [1.82, 2.24) is 14.1 Å². The molecule has 0 N–H and O–H groups in total. The predicted molar refractivity (Wildman–Crippen MR) is 182 cm³/mol. The van der Waals surface area contributed by atoms with Gasteiger partial charge in [-0.1, -0.05) is 133 Å².